The minimum absolute atomic E-state index is 0.0346. The molecule has 1 atom stereocenters. The van der Waals surface area contributed by atoms with E-state index in [0.29, 0.717) is 6.54 Å². The van der Waals surface area contributed by atoms with Crippen molar-refractivity contribution in [1.82, 2.24) is 10.2 Å². The Morgan fingerprint density at radius 1 is 1.53 bits per heavy atom. The van der Waals surface area contributed by atoms with Crippen molar-refractivity contribution in [1.29, 1.82) is 0 Å². The van der Waals surface area contributed by atoms with E-state index in [1.807, 2.05) is 19.1 Å². The third-order valence-electron chi connectivity index (χ3n) is 3.11. The van der Waals surface area contributed by atoms with Crippen LogP contribution in [0, 0.1) is 5.92 Å². The first-order valence-corrected chi connectivity index (χ1v) is 5.90. The molecule has 1 aliphatic rings. The van der Waals surface area contributed by atoms with Gasteiger partial charge in [-0.05, 0) is 25.0 Å². The fourth-order valence-electron chi connectivity index (χ4n) is 2.04. The smallest absolute Gasteiger partial charge is 0.310 e. The zero-order chi connectivity index (χ0) is 12.3. The molecular weight excluding hydrogens is 218 g/mol. The number of esters is 1. The molecule has 0 bridgehead atoms. The van der Waals surface area contributed by atoms with Crippen LogP contribution in [0.1, 0.15) is 19.0 Å². The van der Waals surface area contributed by atoms with E-state index in [9.17, 15) is 4.79 Å². The normalized spacial score (nSPS) is 19.4. The highest BCUT2D eigenvalue weighted by atomic mass is 16.5. The Hall–Kier alpha value is -1.65. The number of carbonyl (C=O) groups is 1. The molecule has 1 unspecified atom stereocenters. The van der Waals surface area contributed by atoms with Gasteiger partial charge < -0.3 is 9.64 Å². The van der Waals surface area contributed by atoms with Crippen molar-refractivity contribution in [3.63, 3.8) is 0 Å². The predicted molar refractivity (Wildman–Crippen MR) is 63.7 cm³/mol. The van der Waals surface area contributed by atoms with E-state index in [-0.39, 0.29) is 11.9 Å². The number of ether oxygens (including phenoxy) is 1. The average Bonchev–Trinajstić information content (AvgIpc) is 2.87. The fraction of sp³-hybridized carbons (Fsp3) is 0.583. The molecule has 1 aromatic rings. The standard InChI is InChI=1S/C12H17N3O2/c1-3-10-4-5-11(14-13-10)15-7-6-9(8-15)12(16)17-2/h4-5,9H,3,6-8H2,1-2H3. The molecule has 0 saturated carbocycles. The zero-order valence-electron chi connectivity index (χ0n) is 10.2. The summed E-state index contributed by atoms with van der Waals surface area (Å²) in [6.45, 7) is 3.56. The van der Waals surface area contributed by atoms with Crippen molar-refractivity contribution in [2.45, 2.75) is 19.8 Å². The topological polar surface area (TPSA) is 55.3 Å². The molecule has 0 N–H and O–H groups in total. The molecule has 17 heavy (non-hydrogen) atoms. The maximum absolute atomic E-state index is 11.4. The Bertz CT molecular complexity index is 391. The molecule has 2 heterocycles. The highest BCUT2D eigenvalue weighted by Gasteiger charge is 2.29. The third-order valence-corrected chi connectivity index (χ3v) is 3.11. The first kappa shape index (κ1) is 11.8. The van der Waals surface area contributed by atoms with Gasteiger partial charge >= 0.3 is 5.97 Å². The molecule has 0 spiro atoms. The quantitative estimate of drug-likeness (QED) is 0.733. The summed E-state index contributed by atoms with van der Waals surface area (Å²) in [4.78, 5) is 13.5. The molecular formula is C12H17N3O2. The van der Waals surface area contributed by atoms with Gasteiger partial charge in [-0.2, -0.15) is 5.10 Å². The Morgan fingerprint density at radius 3 is 2.94 bits per heavy atom. The van der Waals surface area contributed by atoms with Crippen LogP contribution in [-0.2, 0) is 16.0 Å². The summed E-state index contributed by atoms with van der Waals surface area (Å²) < 4.78 is 4.75. The van der Waals surface area contributed by atoms with Gasteiger partial charge in [-0.1, -0.05) is 6.92 Å². The van der Waals surface area contributed by atoms with Crippen LogP contribution in [0.25, 0.3) is 0 Å². The monoisotopic (exact) mass is 235 g/mol. The van der Waals surface area contributed by atoms with Crippen LogP contribution in [-0.4, -0.2) is 36.4 Å². The molecule has 1 fully saturated rings. The van der Waals surface area contributed by atoms with Gasteiger partial charge in [0.25, 0.3) is 0 Å². The van der Waals surface area contributed by atoms with Gasteiger partial charge in [-0.25, -0.2) is 0 Å². The Kier molecular flexibility index (Phi) is 3.56. The van der Waals surface area contributed by atoms with Crippen molar-refractivity contribution < 1.29 is 9.53 Å². The number of aryl methyl sites for hydroxylation is 1. The van der Waals surface area contributed by atoms with Crippen LogP contribution in [0.4, 0.5) is 5.82 Å². The third kappa shape index (κ3) is 2.54. The van der Waals surface area contributed by atoms with Gasteiger partial charge in [0.15, 0.2) is 5.82 Å². The SMILES string of the molecule is CCc1ccc(N2CCC(C(=O)OC)C2)nn1. The van der Waals surface area contributed by atoms with E-state index in [1.165, 1.54) is 7.11 Å². The summed E-state index contributed by atoms with van der Waals surface area (Å²) in [6, 6.07) is 3.94. The van der Waals surface area contributed by atoms with Crippen LogP contribution in [0.15, 0.2) is 12.1 Å². The molecule has 2 rings (SSSR count). The molecule has 1 aromatic heterocycles. The van der Waals surface area contributed by atoms with Gasteiger partial charge in [0, 0.05) is 13.1 Å². The number of hydrogen-bond donors (Lipinski definition) is 0. The Morgan fingerprint density at radius 2 is 2.35 bits per heavy atom. The second kappa shape index (κ2) is 5.12. The number of methoxy groups -OCH3 is 1. The molecule has 1 saturated heterocycles. The lowest BCUT2D eigenvalue weighted by Gasteiger charge is -2.16. The molecule has 0 amide bonds. The first-order chi connectivity index (χ1) is 8.24. The zero-order valence-corrected chi connectivity index (χ0v) is 10.2. The number of nitrogens with zero attached hydrogens (tertiary/aromatic N) is 3. The lowest BCUT2D eigenvalue weighted by atomic mass is 10.1. The first-order valence-electron chi connectivity index (χ1n) is 5.90. The molecule has 1 aliphatic heterocycles. The largest absolute Gasteiger partial charge is 0.469 e. The van der Waals surface area contributed by atoms with Crippen molar-refractivity contribution in [2.75, 3.05) is 25.1 Å². The molecule has 92 valence electrons. The maximum atomic E-state index is 11.4. The summed E-state index contributed by atoms with van der Waals surface area (Å²) in [7, 11) is 1.43. The second-order valence-electron chi connectivity index (χ2n) is 4.19. The van der Waals surface area contributed by atoms with Crippen LogP contribution in [0.3, 0.4) is 0 Å². The summed E-state index contributed by atoms with van der Waals surface area (Å²) in [5, 5.41) is 8.30. The number of carbonyl (C=O) groups excluding carboxylic acids is 1. The van der Waals surface area contributed by atoms with E-state index >= 15 is 0 Å². The van der Waals surface area contributed by atoms with Gasteiger partial charge in [-0.15, -0.1) is 5.10 Å². The van der Waals surface area contributed by atoms with Gasteiger partial charge in [-0.3, -0.25) is 4.79 Å². The number of hydrogen-bond acceptors (Lipinski definition) is 5. The number of anilines is 1. The lowest BCUT2D eigenvalue weighted by molar-refractivity contribution is -0.144. The molecule has 0 radical (unpaired) electrons. The Balaban J connectivity index is 2.02. The van der Waals surface area contributed by atoms with Crippen molar-refractivity contribution in [3.8, 4) is 0 Å². The van der Waals surface area contributed by atoms with Gasteiger partial charge in [0.05, 0.1) is 18.7 Å². The lowest BCUT2D eigenvalue weighted by Crippen LogP contribution is -2.24. The second-order valence-corrected chi connectivity index (χ2v) is 4.19. The van der Waals surface area contributed by atoms with Crippen LogP contribution in [0.2, 0.25) is 0 Å². The van der Waals surface area contributed by atoms with Crippen LogP contribution >= 0.6 is 0 Å². The molecule has 0 aromatic carbocycles. The summed E-state index contributed by atoms with van der Waals surface area (Å²) in [5.74, 6) is 0.673. The van der Waals surface area contributed by atoms with E-state index in [1.54, 1.807) is 0 Å². The van der Waals surface area contributed by atoms with E-state index < -0.39 is 0 Å². The summed E-state index contributed by atoms with van der Waals surface area (Å²) in [6.07, 6.45) is 1.71. The minimum atomic E-state index is -0.134. The van der Waals surface area contributed by atoms with Gasteiger partial charge in [0.2, 0.25) is 0 Å². The Labute approximate surface area is 101 Å². The molecule has 0 aliphatic carbocycles. The van der Waals surface area contributed by atoms with Crippen molar-refractivity contribution in [3.05, 3.63) is 17.8 Å². The van der Waals surface area contributed by atoms with Gasteiger partial charge in [0.1, 0.15) is 0 Å². The number of aromatic nitrogens is 2. The maximum Gasteiger partial charge on any atom is 0.310 e. The number of rotatable bonds is 3. The highest BCUT2D eigenvalue weighted by Crippen LogP contribution is 2.22. The molecule has 5 nitrogen and oxygen atoms in total. The van der Waals surface area contributed by atoms with Crippen LogP contribution < -0.4 is 4.90 Å². The minimum Gasteiger partial charge on any atom is -0.469 e. The summed E-state index contributed by atoms with van der Waals surface area (Å²) >= 11 is 0. The predicted octanol–water partition coefficient (Wildman–Crippen LogP) is 1.04. The van der Waals surface area contributed by atoms with Crippen molar-refractivity contribution in [2.24, 2.45) is 5.92 Å². The van der Waals surface area contributed by atoms with E-state index in [0.717, 1.165) is 30.9 Å². The van der Waals surface area contributed by atoms with E-state index in [2.05, 4.69) is 15.1 Å². The van der Waals surface area contributed by atoms with E-state index in [4.69, 9.17) is 4.74 Å². The average molecular weight is 235 g/mol. The summed E-state index contributed by atoms with van der Waals surface area (Å²) in [5.41, 5.74) is 0.984. The highest BCUT2D eigenvalue weighted by molar-refractivity contribution is 5.74. The van der Waals surface area contributed by atoms with Crippen LogP contribution in [0.5, 0.6) is 0 Å². The fourth-order valence-corrected chi connectivity index (χ4v) is 2.04. The molecule has 5 heteroatoms. The van der Waals surface area contributed by atoms with Crippen molar-refractivity contribution >= 4 is 11.8 Å².